The fourth-order valence-electron chi connectivity index (χ4n) is 2.61. The highest BCUT2D eigenvalue weighted by Gasteiger charge is 2.24. The van der Waals surface area contributed by atoms with Gasteiger partial charge in [0.2, 0.25) is 0 Å². The Morgan fingerprint density at radius 1 is 1.53 bits per heavy atom. The molecule has 1 fully saturated rings. The van der Waals surface area contributed by atoms with Crippen LogP contribution in [0.4, 0.5) is 11.4 Å². The van der Waals surface area contributed by atoms with Gasteiger partial charge in [0.05, 0.1) is 19.4 Å². The summed E-state index contributed by atoms with van der Waals surface area (Å²) in [5.74, 6) is 0.728. The van der Waals surface area contributed by atoms with E-state index in [4.69, 9.17) is 15.6 Å². The van der Waals surface area contributed by atoms with Gasteiger partial charge < -0.3 is 25.8 Å². The second-order valence-electron chi connectivity index (χ2n) is 4.84. The molecule has 0 spiro atoms. The third-order valence-corrected chi connectivity index (χ3v) is 3.59. The first kappa shape index (κ1) is 14.0. The van der Waals surface area contributed by atoms with Gasteiger partial charge in [0.15, 0.2) is 0 Å². The quantitative estimate of drug-likeness (QED) is 0.525. The normalized spacial score (nSPS) is 18.8. The number of nitrogens with zero attached hydrogens (tertiary/aromatic N) is 1. The van der Waals surface area contributed by atoms with Crippen LogP contribution in [-0.4, -0.2) is 44.5 Å². The van der Waals surface area contributed by atoms with Gasteiger partial charge in [0.25, 0.3) is 0 Å². The van der Waals surface area contributed by atoms with Gasteiger partial charge >= 0.3 is 0 Å². The smallest absolute Gasteiger partial charge is 0.143 e. The van der Waals surface area contributed by atoms with Gasteiger partial charge in [-0.25, -0.2) is 0 Å². The molecule has 0 radical (unpaired) electrons. The zero-order valence-electron chi connectivity index (χ0n) is 11.4. The Kier molecular flexibility index (Phi) is 4.87. The average molecular weight is 265 g/mol. The van der Waals surface area contributed by atoms with Gasteiger partial charge in [-0.2, -0.15) is 0 Å². The van der Waals surface area contributed by atoms with Crippen molar-refractivity contribution in [2.45, 2.75) is 18.9 Å². The van der Waals surface area contributed by atoms with Crippen molar-refractivity contribution in [2.24, 2.45) is 0 Å². The first-order valence-electron chi connectivity index (χ1n) is 6.78. The van der Waals surface area contributed by atoms with E-state index in [1.165, 1.54) is 12.8 Å². The summed E-state index contributed by atoms with van der Waals surface area (Å²) in [6, 6.07) is 6.41. The van der Waals surface area contributed by atoms with Gasteiger partial charge in [-0.3, -0.25) is 0 Å². The van der Waals surface area contributed by atoms with Crippen LogP contribution < -0.4 is 20.7 Å². The first-order valence-corrected chi connectivity index (χ1v) is 6.78. The van der Waals surface area contributed by atoms with Gasteiger partial charge in [-0.15, -0.1) is 0 Å². The van der Waals surface area contributed by atoms with Crippen molar-refractivity contribution in [2.75, 3.05) is 44.0 Å². The Labute approximate surface area is 114 Å². The predicted octanol–water partition coefficient (Wildman–Crippen LogP) is 0.828. The van der Waals surface area contributed by atoms with E-state index in [0.29, 0.717) is 18.3 Å². The lowest BCUT2D eigenvalue weighted by atomic mass is 10.2. The van der Waals surface area contributed by atoms with E-state index in [9.17, 15) is 0 Å². The summed E-state index contributed by atoms with van der Waals surface area (Å²) in [4.78, 5) is 2.38. The maximum absolute atomic E-state index is 8.82. The molecule has 19 heavy (non-hydrogen) atoms. The minimum absolute atomic E-state index is 0.183. The molecule has 0 saturated carbocycles. The monoisotopic (exact) mass is 265 g/mol. The number of benzene rings is 1. The van der Waals surface area contributed by atoms with Crippen LogP contribution in [0.5, 0.6) is 5.75 Å². The highest BCUT2D eigenvalue weighted by atomic mass is 16.5. The lowest BCUT2D eigenvalue weighted by Gasteiger charge is -2.27. The Morgan fingerprint density at radius 2 is 2.37 bits per heavy atom. The molecule has 0 bridgehead atoms. The number of nitrogens with two attached hydrogens (primary N) is 1. The molecule has 1 aromatic rings. The summed E-state index contributed by atoms with van der Waals surface area (Å²) >= 11 is 0. The zero-order valence-corrected chi connectivity index (χ0v) is 11.4. The fourth-order valence-corrected chi connectivity index (χ4v) is 2.61. The van der Waals surface area contributed by atoms with E-state index >= 15 is 0 Å². The molecule has 2 rings (SSSR count). The highest BCUT2D eigenvalue weighted by molar-refractivity contribution is 5.63. The molecule has 106 valence electrons. The molecule has 5 nitrogen and oxygen atoms in total. The SMILES string of the molecule is COc1cc(N2CCCC2CNCCO)ccc1N. The van der Waals surface area contributed by atoms with E-state index in [1.54, 1.807) is 7.11 Å². The van der Waals surface area contributed by atoms with Crippen LogP contribution in [0.3, 0.4) is 0 Å². The number of ether oxygens (including phenoxy) is 1. The molecule has 0 aromatic heterocycles. The van der Waals surface area contributed by atoms with Crippen LogP contribution in [0.15, 0.2) is 18.2 Å². The van der Waals surface area contributed by atoms with Crippen LogP contribution in [-0.2, 0) is 0 Å². The van der Waals surface area contributed by atoms with Crippen molar-refractivity contribution in [3.05, 3.63) is 18.2 Å². The van der Waals surface area contributed by atoms with Crippen LogP contribution >= 0.6 is 0 Å². The van der Waals surface area contributed by atoms with Crippen LogP contribution in [0.25, 0.3) is 0 Å². The van der Waals surface area contributed by atoms with E-state index in [1.807, 2.05) is 18.2 Å². The van der Waals surface area contributed by atoms with Crippen molar-refractivity contribution in [3.8, 4) is 5.75 Å². The second-order valence-corrected chi connectivity index (χ2v) is 4.84. The molecule has 1 heterocycles. The van der Waals surface area contributed by atoms with E-state index in [2.05, 4.69) is 10.2 Å². The third-order valence-electron chi connectivity index (χ3n) is 3.59. The topological polar surface area (TPSA) is 70.8 Å². The summed E-state index contributed by atoms with van der Waals surface area (Å²) < 4.78 is 5.28. The summed E-state index contributed by atoms with van der Waals surface area (Å²) in [5, 5.41) is 12.1. The lowest BCUT2D eigenvalue weighted by molar-refractivity contribution is 0.291. The van der Waals surface area contributed by atoms with Crippen molar-refractivity contribution < 1.29 is 9.84 Å². The molecule has 0 amide bonds. The summed E-state index contributed by atoms with van der Waals surface area (Å²) in [5.41, 5.74) is 7.67. The Hall–Kier alpha value is -1.46. The minimum Gasteiger partial charge on any atom is -0.495 e. The van der Waals surface area contributed by atoms with Crippen LogP contribution in [0, 0.1) is 0 Å². The molecule has 1 saturated heterocycles. The zero-order chi connectivity index (χ0) is 13.7. The van der Waals surface area contributed by atoms with Crippen molar-refractivity contribution >= 4 is 11.4 Å². The summed E-state index contributed by atoms with van der Waals surface area (Å²) in [7, 11) is 1.64. The van der Waals surface area contributed by atoms with Crippen LogP contribution in [0.1, 0.15) is 12.8 Å². The molecule has 1 aromatic carbocycles. The van der Waals surface area contributed by atoms with Crippen molar-refractivity contribution in [1.82, 2.24) is 5.32 Å². The van der Waals surface area contributed by atoms with Gasteiger partial charge in [-0.1, -0.05) is 0 Å². The lowest BCUT2D eigenvalue weighted by Crippen LogP contribution is -2.38. The Bertz CT molecular complexity index is 412. The number of aliphatic hydroxyl groups is 1. The molecular weight excluding hydrogens is 242 g/mol. The number of hydrogen-bond acceptors (Lipinski definition) is 5. The summed E-state index contributed by atoms with van der Waals surface area (Å²) in [6.45, 7) is 2.78. The second kappa shape index (κ2) is 6.63. The van der Waals surface area contributed by atoms with Gasteiger partial charge in [0.1, 0.15) is 5.75 Å². The molecule has 1 atom stereocenters. The van der Waals surface area contributed by atoms with Gasteiger partial charge in [0, 0.05) is 37.4 Å². The van der Waals surface area contributed by atoms with Gasteiger partial charge in [-0.05, 0) is 25.0 Å². The molecule has 4 N–H and O–H groups in total. The maximum Gasteiger partial charge on any atom is 0.143 e. The number of methoxy groups -OCH3 is 1. The number of nitrogens with one attached hydrogen (secondary N) is 1. The first-order chi connectivity index (χ1) is 9.26. The molecular formula is C14H23N3O2. The van der Waals surface area contributed by atoms with Crippen LogP contribution in [0.2, 0.25) is 0 Å². The standard InChI is InChI=1S/C14H23N3O2/c1-19-14-9-11(4-5-13(14)15)17-7-2-3-12(17)10-16-6-8-18/h4-5,9,12,16,18H,2-3,6-8,10,15H2,1H3. The Balaban J connectivity index is 2.06. The number of nitrogen functional groups attached to an aromatic ring is 1. The minimum atomic E-state index is 0.183. The summed E-state index contributed by atoms with van der Waals surface area (Å²) in [6.07, 6.45) is 2.36. The molecule has 1 aliphatic rings. The number of anilines is 2. The molecule has 1 unspecified atom stereocenters. The number of rotatable bonds is 6. The maximum atomic E-state index is 8.82. The number of aliphatic hydroxyl groups excluding tert-OH is 1. The average Bonchev–Trinajstić information content (AvgIpc) is 2.88. The fraction of sp³-hybridized carbons (Fsp3) is 0.571. The van der Waals surface area contributed by atoms with Crippen molar-refractivity contribution in [3.63, 3.8) is 0 Å². The third kappa shape index (κ3) is 3.30. The largest absolute Gasteiger partial charge is 0.495 e. The predicted molar refractivity (Wildman–Crippen MR) is 77.7 cm³/mol. The van der Waals surface area contributed by atoms with E-state index in [0.717, 1.165) is 24.5 Å². The number of hydrogen-bond donors (Lipinski definition) is 3. The highest BCUT2D eigenvalue weighted by Crippen LogP contribution is 2.31. The van der Waals surface area contributed by atoms with E-state index in [-0.39, 0.29) is 6.61 Å². The Morgan fingerprint density at radius 3 is 3.11 bits per heavy atom. The molecule has 5 heteroatoms. The van der Waals surface area contributed by atoms with Crippen molar-refractivity contribution in [1.29, 1.82) is 0 Å². The van der Waals surface area contributed by atoms with E-state index < -0.39 is 0 Å². The molecule has 0 aliphatic carbocycles. The molecule has 1 aliphatic heterocycles.